The van der Waals surface area contributed by atoms with Gasteiger partial charge in [0.15, 0.2) is 0 Å². The number of amides is 1. The molecule has 1 heterocycles. The summed E-state index contributed by atoms with van der Waals surface area (Å²) in [6, 6.07) is 3.44. The maximum absolute atomic E-state index is 12.6. The van der Waals surface area contributed by atoms with Gasteiger partial charge in [-0.2, -0.15) is 4.68 Å². The topological polar surface area (TPSA) is 157 Å². The van der Waals surface area contributed by atoms with E-state index in [-0.39, 0.29) is 5.39 Å². The molecule has 138 valence electrons. The number of benzene rings is 1. The number of carbonyl (C=O) groups excluding carboxylic acids is 3. The maximum Gasteiger partial charge on any atom is 0.278 e. The Balaban J connectivity index is 2.41. The number of rotatable bonds is 7. The molecular weight excluding hydrogens is 344 g/mol. The molecule has 0 aliphatic heterocycles. The number of aliphatic carboxylic acids is 2. The molecule has 10 nitrogen and oxygen atoms in total. The summed E-state index contributed by atoms with van der Waals surface area (Å²) in [4.78, 5) is 46.8. The van der Waals surface area contributed by atoms with Gasteiger partial charge in [-0.3, -0.25) is 9.59 Å². The Bertz CT molecular complexity index is 907. The van der Waals surface area contributed by atoms with Crippen molar-refractivity contribution in [1.29, 1.82) is 0 Å². The summed E-state index contributed by atoms with van der Waals surface area (Å²) in [6.45, 7) is 3.25. The van der Waals surface area contributed by atoms with Gasteiger partial charge < -0.3 is 25.1 Å². The summed E-state index contributed by atoms with van der Waals surface area (Å²) in [5, 5.41) is 31.6. The quantitative estimate of drug-likeness (QED) is 0.561. The van der Waals surface area contributed by atoms with Crippen molar-refractivity contribution in [3.8, 4) is 0 Å². The fourth-order valence-electron chi connectivity index (χ4n) is 2.50. The lowest BCUT2D eigenvalue weighted by molar-refractivity contribution is -0.317. The first-order valence-electron chi connectivity index (χ1n) is 7.77. The molecule has 0 radical (unpaired) electrons. The van der Waals surface area contributed by atoms with E-state index in [0.717, 1.165) is 4.68 Å². The average molecular weight is 360 g/mol. The molecule has 1 N–H and O–H groups in total. The number of carbonyl (C=O) groups is 3. The Hall–Kier alpha value is -3.30. The SMILES string of the molecule is CC(C)[C@@H](C(=O)N[C@@H](CC(=O)[O-])C(=O)[O-])n1nnc2ccccc2c1=O. The van der Waals surface area contributed by atoms with Crippen molar-refractivity contribution in [1.82, 2.24) is 20.3 Å². The highest BCUT2D eigenvalue weighted by molar-refractivity contribution is 5.87. The van der Waals surface area contributed by atoms with Crippen LogP contribution in [0.15, 0.2) is 29.1 Å². The molecule has 1 amide bonds. The summed E-state index contributed by atoms with van der Waals surface area (Å²) in [5.41, 5.74) is -0.226. The van der Waals surface area contributed by atoms with Crippen molar-refractivity contribution in [3.63, 3.8) is 0 Å². The van der Waals surface area contributed by atoms with Gasteiger partial charge in [-0.15, -0.1) is 5.10 Å². The number of carboxylic acid groups (broad SMARTS) is 2. The number of nitrogens with one attached hydrogen (secondary N) is 1. The highest BCUT2D eigenvalue weighted by atomic mass is 16.4. The van der Waals surface area contributed by atoms with E-state index in [0.29, 0.717) is 5.52 Å². The molecule has 0 aliphatic rings. The monoisotopic (exact) mass is 360 g/mol. The molecule has 1 aromatic heterocycles. The fraction of sp³-hybridized carbons (Fsp3) is 0.375. The van der Waals surface area contributed by atoms with Crippen LogP contribution in [0.4, 0.5) is 0 Å². The molecule has 0 fully saturated rings. The lowest BCUT2D eigenvalue weighted by Gasteiger charge is -2.25. The summed E-state index contributed by atoms with van der Waals surface area (Å²) < 4.78 is 0.855. The van der Waals surface area contributed by atoms with Crippen molar-refractivity contribution in [2.45, 2.75) is 32.4 Å². The molecule has 1 aromatic carbocycles. The van der Waals surface area contributed by atoms with Gasteiger partial charge in [-0.05, 0) is 18.1 Å². The first-order chi connectivity index (χ1) is 12.2. The van der Waals surface area contributed by atoms with E-state index in [1.54, 1.807) is 32.0 Å². The molecule has 2 aromatic rings. The largest absolute Gasteiger partial charge is 0.550 e. The molecule has 26 heavy (non-hydrogen) atoms. The first kappa shape index (κ1) is 19.0. The highest BCUT2D eigenvalue weighted by Crippen LogP contribution is 2.16. The summed E-state index contributed by atoms with van der Waals surface area (Å²) in [5.74, 6) is -4.79. The van der Waals surface area contributed by atoms with E-state index < -0.39 is 47.8 Å². The Morgan fingerprint density at radius 1 is 1.19 bits per heavy atom. The lowest BCUT2D eigenvalue weighted by Crippen LogP contribution is -2.53. The molecule has 2 atom stereocenters. The Kier molecular flexibility index (Phi) is 5.65. The van der Waals surface area contributed by atoms with E-state index in [9.17, 15) is 29.4 Å². The zero-order valence-electron chi connectivity index (χ0n) is 14.0. The molecule has 2 rings (SSSR count). The molecule has 0 unspecified atom stereocenters. The average Bonchev–Trinajstić information content (AvgIpc) is 2.56. The Morgan fingerprint density at radius 2 is 1.85 bits per heavy atom. The van der Waals surface area contributed by atoms with Crippen molar-refractivity contribution in [2.75, 3.05) is 0 Å². The van der Waals surface area contributed by atoms with E-state index in [1.807, 2.05) is 0 Å². The standard InChI is InChI=1S/C16H18N4O6/c1-8(2)13(14(23)17-11(16(25)26)7-12(21)22)20-15(24)9-5-3-4-6-10(9)18-19-20/h3-6,8,11,13H,7H2,1-2H3,(H,17,23)(H,21,22)(H,25,26)/p-2/t11-,13-/m0/s1. The van der Waals surface area contributed by atoms with Crippen molar-refractivity contribution < 1.29 is 24.6 Å². The minimum Gasteiger partial charge on any atom is -0.550 e. The molecule has 0 aliphatic carbocycles. The molecule has 10 heteroatoms. The smallest absolute Gasteiger partial charge is 0.278 e. The van der Waals surface area contributed by atoms with Crippen LogP contribution in [0, 0.1) is 5.92 Å². The van der Waals surface area contributed by atoms with Gasteiger partial charge in [0, 0.05) is 12.4 Å². The van der Waals surface area contributed by atoms with Crippen LogP contribution in [0.25, 0.3) is 10.9 Å². The highest BCUT2D eigenvalue weighted by Gasteiger charge is 2.29. The second-order valence-electron chi connectivity index (χ2n) is 6.00. The van der Waals surface area contributed by atoms with Gasteiger partial charge in [0.2, 0.25) is 5.91 Å². The maximum atomic E-state index is 12.6. The van der Waals surface area contributed by atoms with E-state index in [4.69, 9.17) is 0 Å². The predicted octanol–water partition coefficient (Wildman–Crippen LogP) is -2.64. The third-order valence-corrected chi connectivity index (χ3v) is 3.73. The summed E-state index contributed by atoms with van der Waals surface area (Å²) >= 11 is 0. The predicted molar refractivity (Wildman–Crippen MR) is 84.2 cm³/mol. The van der Waals surface area contributed by atoms with Crippen LogP contribution in [0.2, 0.25) is 0 Å². The van der Waals surface area contributed by atoms with Gasteiger partial charge in [0.05, 0.1) is 17.4 Å². The van der Waals surface area contributed by atoms with Crippen LogP contribution in [-0.4, -0.2) is 38.9 Å². The Morgan fingerprint density at radius 3 is 2.42 bits per heavy atom. The van der Waals surface area contributed by atoms with Gasteiger partial charge >= 0.3 is 0 Å². The first-order valence-corrected chi connectivity index (χ1v) is 7.77. The van der Waals surface area contributed by atoms with Crippen molar-refractivity contribution >= 4 is 28.7 Å². The van der Waals surface area contributed by atoms with Crippen LogP contribution >= 0.6 is 0 Å². The van der Waals surface area contributed by atoms with Crippen molar-refractivity contribution in [2.24, 2.45) is 5.92 Å². The molecular formula is C16H16N4O6-2. The van der Waals surface area contributed by atoms with Crippen LogP contribution in [0.5, 0.6) is 0 Å². The number of nitrogens with zero attached hydrogens (tertiary/aromatic N) is 3. The number of fused-ring (bicyclic) bond motifs is 1. The second kappa shape index (κ2) is 7.72. The summed E-state index contributed by atoms with van der Waals surface area (Å²) in [6.07, 6.45) is -0.961. The van der Waals surface area contributed by atoms with Crippen molar-refractivity contribution in [3.05, 3.63) is 34.6 Å². The molecule has 0 saturated heterocycles. The normalized spacial score (nSPS) is 13.3. The number of carboxylic acids is 2. The van der Waals surface area contributed by atoms with Crippen LogP contribution in [-0.2, 0) is 14.4 Å². The van der Waals surface area contributed by atoms with Gasteiger partial charge in [-0.25, -0.2) is 0 Å². The fourth-order valence-corrected chi connectivity index (χ4v) is 2.50. The van der Waals surface area contributed by atoms with E-state index in [2.05, 4.69) is 15.6 Å². The van der Waals surface area contributed by atoms with Crippen LogP contribution in [0.3, 0.4) is 0 Å². The van der Waals surface area contributed by atoms with Gasteiger partial charge in [0.1, 0.15) is 11.6 Å². The molecule has 0 bridgehead atoms. The zero-order valence-corrected chi connectivity index (χ0v) is 14.0. The molecule has 0 saturated carbocycles. The van der Waals surface area contributed by atoms with Crippen LogP contribution < -0.4 is 21.1 Å². The Labute approximate surface area is 147 Å². The zero-order chi connectivity index (χ0) is 19.4. The minimum atomic E-state index is -1.79. The number of aromatic nitrogens is 3. The second-order valence-corrected chi connectivity index (χ2v) is 6.00. The van der Waals surface area contributed by atoms with E-state index >= 15 is 0 Å². The van der Waals surface area contributed by atoms with E-state index in [1.165, 1.54) is 6.07 Å². The lowest BCUT2D eigenvalue weighted by atomic mass is 10.0. The third kappa shape index (κ3) is 4.02. The third-order valence-electron chi connectivity index (χ3n) is 3.73. The van der Waals surface area contributed by atoms with Gasteiger partial charge in [-0.1, -0.05) is 31.2 Å². The molecule has 0 spiro atoms. The minimum absolute atomic E-state index is 0.243. The summed E-state index contributed by atoms with van der Waals surface area (Å²) in [7, 11) is 0. The number of hydrogen-bond donors (Lipinski definition) is 1. The van der Waals surface area contributed by atoms with Crippen LogP contribution in [0.1, 0.15) is 26.3 Å². The van der Waals surface area contributed by atoms with Gasteiger partial charge in [0.25, 0.3) is 5.56 Å². The number of hydrogen-bond acceptors (Lipinski definition) is 8.